The fourth-order valence-electron chi connectivity index (χ4n) is 2.80. The summed E-state index contributed by atoms with van der Waals surface area (Å²) in [5.74, 6) is 0.568. The molecule has 3 nitrogen and oxygen atoms in total. The first-order valence-electron chi connectivity index (χ1n) is 8.31. The number of hydrogen-bond donors (Lipinski definition) is 2. The Morgan fingerprint density at radius 1 is 0.917 bits per heavy atom. The first kappa shape index (κ1) is 16.7. The van der Waals surface area contributed by atoms with E-state index in [9.17, 15) is 0 Å². The largest absolute Gasteiger partial charge is 0.384 e. The highest BCUT2D eigenvalue weighted by Crippen LogP contribution is 2.16. The molecule has 3 rings (SSSR count). The van der Waals surface area contributed by atoms with Crippen LogP contribution in [0.5, 0.6) is 0 Å². The molecule has 0 saturated heterocycles. The number of aryl methyl sites for hydroxylation is 1. The van der Waals surface area contributed by atoms with Gasteiger partial charge in [0.05, 0.1) is 5.52 Å². The zero-order valence-electron chi connectivity index (χ0n) is 13.6. The molecule has 24 heavy (non-hydrogen) atoms. The number of anilines is 1. The molecule has 2 aromatic carbocycles. The Bertz CT molecular complexity index is 817. The lowest BCUT2D eigenvalue weighted by Gasteiger charge is -2.07. The van der Waals surface area contributed by atoms with E-state index in [2.05, 4.69) is 34.6 Å². The standard InChI is InChI=1S/C20H22ClN3/c21-18-5-1-3-15(13-18)4-2-11-23-12-10-16-6-7-17-8-9-20(22)24-19(17)14-16/h1,3,5-9,13-14,23H,2,4,10-12H2,(H2,22,24). The van der Waals surface area contributed by atoms with Crippen molar-refractivity contribution >= 4 is 28.3 Å². The van der Waals surface area contributed by atoms with Gasteiger partial charge in [-0.2, -0.15) is 0 Å². The first-order valence-corrected chi connectivity index (χ1v) is 8.69. The quantitative estimate of drug-likeness (QED) is 0.633. The molecule has 0 fully saturated rings. The molecule has 3 aromatic rings. The molecule has 0 aliphatic rings. The van der Waals surface area contributed by atoms with Gasteiger partial charge in [-0.05, 0) is 73.8 Å². The number of hydrogen-bond acceptors (Lipinski definition) is 3. The summed E-state index contributed by atoms with van der Waals surface area (Å²) in [7, 11) is 0. The molecule has 0 aliphatic heterocycles. The summed E-state index contributed by atoms with van der Waals surface area (Å²) in [5.41, 5.74) is 9.30. The van der Waals surface area contributed by atoms with E-state index in [-0.39, 0.29) is 0 Å². The van der Waals surface area contributed by atoms with Gasteiger partial charge in [0.25, 0.3) is 0 Å². The van der Waals surface area contributed by atoms with E-state index < -0.39 is 0 Å². The van der Waals surface area contributed by atoms with E-state index in [1.807, 2.05) is 30.3 Å². The highest BCUT2D eigenvalue weighted by Gasteiger charge is 1.99. The second kappa shape index (κ2) is 8.13. The minimum atomic E-state index is 0.568. The number of aromatic nitrogens is 1. The van der Waals surface area contributed by atoms with Crippen LogP contribution in [0.25, 0.3) is 10.9 Å². The Morgan fingerprint density at radius 3 is 2.62 bits per heavy atom. The molecule has 0 spiro atoms. The van der Waals surface area contributed by atoms with Crippen molar-refractivity contribution in [3.8, 4) is 0 Å². The number of benzene rings is 2. The van der Waals surface area contributed by atoms with Crippen LogP contribution in [0, 0.1) is 0 Å². The zero-order chi connectivity index (χ0) is 16.8. The maximum atomic E-state index is 6.00. The normalized spacial score (nSPS) is 11.0. The summed E-state index contributed by atoms with van der Waals surface area (Å²) in [4.78, 5) is 4.38. The third-order valence-corrected chi connectivity index (χ3v) is 4.31. The van der Waals surface area contributed by atoms with Gasteiger partial charge < -0.3 is 11.1 Å². The third kappa shape index (κ3) is 4.70. The molecule has 3 N–H and O–H groups in total. The van der Waals surface area contributed by atoms with E-state index in [4.69, 9.17) is 17.3 Å². The van der Waals surface area contributed by atoms with Gasteiger partial charge in [-0.1, -0.05) is 35.9 Å². The lowest BCUT2D eigenvalue weighted by molar-refractivity contribution is 0.648. The van der Waals surface area contributed by atoms with Crippen LogP contribution in [-0.2, 0) is 12.8 Å². The molecule has 1 aromatic heterocycles. The molecule has 4 heteroatoms. The predicted molar refractivity (Wildman–Crippen MR) is 103 cm³/mol. The topological polar surface area (TPSA) is 50.9 Å². The van der Waals surface area contributed by atoms with Crippen LogP contribution in [0.4, 0.5) is 5.82 Å². The Labute approximate surface area is 147 Å². The Balaban J connectivity index is 1.42. The van der Waals surface area contributed by atoms with Gasteiger partial charge in [-0.25, -0.2) is 4.98 Å². The summed E-state index contributed by atoms with van der Waals surface area (Å²) < 4.78 is 0. The lowest BCUT2D eigenvalue weighted by Crippen LogP contribution is -2.19. The van der Waals surface area contributed by atoms with Crippen LogP contribution in [0.1, 0.15) is 17.5 Å². The molecule has 0 radical (unpaired) electrons. The van der Waals surface area contributed by atoms with Gasteiger partial charge in [0.15, 0.2) is 0 Å². The van der Waals surface area contributed by atoms with E-state index >= 15 is 0 Å². The Morgan fingerprint density at radius 2 is 1.75 bits per heavy atom. The molecule has 1 heterocycles. The average molecular weight is 340 g/mol. The van der Waals surface area contributed by atoms with Crippen molar-refractivity contribution in [2.45, 2.75) is 19.3 Å². The van der Waals surface area contributed by atoms with Crippen LogP contribution < -0.4 is 11.1 Å². The summed E-state index contributed by atoms with van der Waals surface area (Å²) in [6.07, 6.45) is 3.15. The number of pyridine rings is 1. The van der Waals surface area contributed by atoms with E-state index in [1.54, 1.807) is 0 Å². The van der Waals surface area contributed by atoms with E-state index in [0.717, 1.165) is 48.3 Å². The molecule has 0 aliphatic carbocycles. The molecular formula is C20H22ClN3. The summed E-state index contributed by atoms with van der Waals surface area (Å²) >= 11 is 6.00. The van der Waals surface area contributed by atoms with Crippen molar-refractivity contribution in [3.63, 3.8) is 0 Å². The predicted octanol–water partition coefficient (Wildman–Crippen LogP) is 4.24. The maximum absolute atomic E-state index is 6.00. The van der Waals surface area contributed by atoms with Gasteiger partial charge in [0, 0.05) is 10.4 Å². The SMILES string of the molecule is Nc1ccc2ccc(CCNCCCc3cccc(Cl)c3)cc2n1. The Kier molecular flexibility index (Phi) is 5.68. The van der Waals surface area contributed by atoms with Crippen molar-refractivity contribution in [1.82, 2.24) is 10.3 Å². The van der Waals surface area contributed by atoms with E-state index in [1.165, 1.54) is 11.1 Å². The highest BCUT2D eigenvalue weighted by atomic mass is 35.5. The Hall–Kier alpha value is -2.10. The summed E-state index contributed by atoms with van der Waals surface area (Å²) in [5, 5.41) is 5.44. The molecule has 0 amide bonds. The number of nitrogens with one attached hydrogen (secondary N) is 1. The molecule has 0 atom stereocenters. The molecular weight excluding hydrogens is 318 g/mol. The highest BCUT2D eigenvalue weighted by molar-refractivity contribution is 6.30. The smallest absolute Gasteiger partial charge is 0.124 e. The molecule has 0 unspecified atom stereocenters. The molecule has 0 saturated carbocycles. The van der Waals surface area contributed by atoms with Crippen LogP contribution in [0.3, 0.4) is 0 Å². The van der Waals surface area contributed by atoms with Gasteiger partial charge in [-0.15, -0.1) is 0 Å². The third-order valence-electron chi connectivity index (χ3n) is 4.08. The number of nitrogen functional groups attached to an aromatic ring is 1. The lowest BCUT2D eigenvalue weighted by atomic mass is 10.1. The van der Waals surface area contributed by atoms with Gasteiger partial charge >= 0.3 is 0 Å². The van der Waals surface area contributed by atoms with Crippen LogP contribution in [0.15, 0.2) is 54.6 Å². The second-order valence-corrected chi connectivity index (χ2v) is 6.43. The number of halogens is 1. The summed E-state index contributed by atoms with van der Waals surface area (Å²) in [6.45, 7) is 1.97. The number of rotatable bonds is 7. The number of fused-ring (bicyclic) bond motifs is 1. The van der Waals surface area contributed by atoms with Crippen LogP contribution >= 0.6 is 11.6 Å². The van der Waals surface area contributed by atoms with Gasteiger partial charge in [0.1, 0.15) is 5.82 Å². The fourth-order valence-corrected chi connectivity index (χ4v) is 3.01. The monoisotopic (exact) mass is 339 g/mol. The molecule has 0 bridgehead atoms. The zero-order valence-corrected chi connectivity index (χ0v) is 14.4. The van der Waals surface area contributed by atoms with Crippen molar-refractivity contribution in [1.29, 1.82) is 0 Å². The second-order valence-electron chi connectivity index (χ2n) is 6.00. The minimum Gasteiger partial charge on any atom is -0.384 e. The van der Waals surface area contributed by atoms with Crippen LogP contribution in [0.2, 0.25) is 5.02 Å². The maximum Gasteiger partial charge on any atom is 0.124 e. The van der Waals surface area contributed by atoms with Crippen molar-refractivity contribution in [2.75, 3.05) is 18.8 Å². The van der Waals surface area contributed by atoms with Gasteiger partial charge in [0.2, 0.25) is 0 Å². The van der Waals surface area contributed by atoms with Crippen molar-refractivity contribution in [2.24, 2.45) is 0 Å². The number of nitrogens with two attached hydrogens (primary N) is 1. The first-order chi connectivity index (χ1) is 11.7. The van der Waals surface area contributed by atoms with Crippen LogP contribution in [-0.4, -0.2) is 18.1 Å². The van der Waals surface area contributed by atoms with Crippen molar-refractivity contribution < 1.29 is 0 Å². The average Bonchev–Trinajstić information content (AvgIpc) is 2.57. The van der Waals surface area contributed by atoms with E-state index in [0.29, 0.717) is 5.82 Å². The summed E-state index contributed by atoms with van der Waals surface area (Å²) in [6, 6.07) is 18.3. The molecule has 124 valence electrons. The number of nitrogens with zero attached hydrogens (tertiary/aromatic N) is 1. The minimum absolute atomic E-state index is 0.568. The van der Waals surface area contributed by atoms with Crippen molar-refractivity contribution in [3.05, 3.63) is 70.7 Å². The fraction of sp³-hybridized carbons (Fsp3) is 0.250. The van der Waals surface area contributed by atoms with Gasteiger partial charge in [-0.3, -0.25) is 0 Å².